The first-order valence-corrected chi connectivity index (χ1v) is 16.1. The molecule has 0 radical (unpaired) electrons. The number of hydrogen-bond acceptors (Lipinski definition) is 3. The molecule has 5 aromatic rings. The van der Waals surface area contributed by atoms with Crippen LogP contribution in [0.4, 0.5) is 0 Å². The Labute approximate surface area is 240 Å². The number of benzene rings is 4. The molecule has 0 bridgehead atoms. The van der Waals surface area contributed by atoms with Crippen molar-refractivity contribution in [1.82, 2.24) is 0 Å². The molecule has 4 aromatic carbocycles. The molecule has 0 N–H and O–H groups in total. The molecule has 208 valence electrons. The Morgan fingerprint density at radius 3 is 1.35 bits per heavy atom. The highest BCUT2D eigenvalue weighted by Gasteiger charge is 2.32. The van der Waals surface area contributed by atoms with Crippen molar-refractivity contribution in [2.24, 2.45) is 0 Å². The van der Waals surface area contributed by atoms with Gasteiger partial charge in [-0.2, -0.15) is 4.67 Å². The largest absolute Gasteiger partial charge is 0.407 e. The zero-order valence-corrected chi connectivity index (χ0v) is 25.2. The van der Waals surface area contributed by atoms with Gasteiger partial charge in [0, 0.05) is 22.9 Å². The van der Waals surface area contributed by atoms with Crippen LogP contribution in [-0.2, 0) is 12.8 Å². The van der Waals surface area contributed by atoms with Crippen molar-refractivity contribution in [1.29, 1.82) is 0 Å². The van der Waals surface area contributed by atoms with Gasteiger partial charge in [-0.15, -0.1) is 0 Å². The molecule has 0 aliphatic rings. The standard InChI is InChI=1S/C36H42NO2P/c1-5-17-29-23-15-25-31-32-26-16-24-30(18-6-2)36(32)39-40(38-35(29)31)37(33(7-3)27-19-11-9-12-20-27)34(8-4)28-21-13-10-14-22-28/h9-16,19-26,33-34H,5-8,17-18H2,1-4H3/t33-,34-/m0/s1. The summed E-state index contributed by atoms with van der Waals surface area (Å²) in [7, 11) is -1.49. The topological polar surface area (TPSA) is 29.5 Å². The minimum absolute atomic E-state index is 0.138. The van der Waals surface area contributed by atoms with Gasteiger partial charge >= 0.3 is 8.16 Å². The number of fused-ring (bicyclic) bond motifs is 3. The van der Waals surface area contributed by atoms with Gasteiger partial charge in [0.2, 0.25) is 0 Å². The highest BCUT2D eigenvalue weighted by atomic mass is 31.1. The molecule has 4 heteroatoms. The molecule has 0 fully saturated rings. The van der Waals surface area contributed by atoms with E-state index in [0.717, 1.165) is 60.5 Å². The maximum Gasteiger partial charge on any atom is 0.310 e. The highest BCUT2D eigenvalue weighted by molar-refractivity contribution is 7.39. The monoisotopic (exact) mass is 551 g/mol. The van der Waals surface area contributed by atoms with E-state index < -0.39 is 8.16 Å². The Morgan fingerprint density at radius 2 is 0.975 bits per heavy atom. The van der Waals surface area contributed by atoms with Crippen LogP contribution in [0.1, 0.15) is 87.7 Å². The molecule has 2 atom stereocenters. The fourth-order valence-electron chi connectivity index (χ4n) is 5.96. The van der Waals surface area contributed by atoms with Crippen LogP contribution in [0, 0.1) is 0 Å². The van der Waals surface area contributed by atoms with Gasteiger partial charge in [0.25, 0.3) is 0 Å². The predicted molar refractivity (Wildman–Crippen MR) is 171 cm³/mol. The van der Waals surface area contributed by atoms with Crippen molar-refractivity contribution in [3.8, 4) is 0 Å². The third kappa shape index (κ3) is 5.78. The van der Waals surface area contributed by atoms with Crippen LogP contribution in [0.15, 0.2) is 105 Å². The Morgan fingerprint density at radius 1 is 0.550 bits per heavy atom. The van der Waals surface area contributed by atoms with E-state index in [2.05, 4.69) is 129 Å². The van der Waals surface area contributed by atoms with Crippen molar-refractivity contribution in [2.45, 2.75) is 78.3 Å². The molecule has 0 saturated carbocycles. The van der Waals surface area contributed by atoms with Crippen LogP contribution in [0.3, 0.4) is 0 Å². The zero-order chi connectivity index (χ0) is 27.9. The van der Waals surface area contributed by atoms with Crippen LogP contribution >= 0.6 is 8.16 Å². The number of aryl methyl sites for hydroxylation is 2. The molecule has 3 nitrogen and oxygen atoms in total. The molecule has 0 unspecified atom stereocenters. The predicted octanol–water partition coefficient (Wildman–Crippen LogP) is 11.4. The average molecular weight is 552 g/mol. The lowest BCUT2D eigenvalue weighted by Crippen LogP contribution is -2.30. The molecule has 0 aliphatic heterocycles. The Balaban J connectivity index is 1.89. The molecule has 0 saturated heterocycles. The van der Waals surface area contributed by atoms with E-state index in [1.54, 1.807) is 0 Å². The molecular formula is C36H42NO2P. The second-order valence-corrected chi connectivity index (χ2v) is 11.9. The zero-order valence-electron chi connectivity index (χ0n) is 24.3. The molecule has 1 heterocycles. The van der Waals surface area contributed by atoms with Crippen molar-refractivity contribution in [3.63, 3.8) is 0 Å². The van der Waals surface area contributed by atoms with Gasteiger partial charge in [0.1, 0.15) is 11.2 Å². The quantitative estimate of drug-likeness (QED) is 0.163. The van der Waals surface area contributed by atoms with Gasteiger partial charge in [0.15, 0.2) is 0 Å². The van der Waals surface area contributed by atoms with Crippen molar-refractivity contribution < 1.29 is 8.39 Å². The van der Waals surface area contributed by atoms with Crippen LogP contribution < -0.4 is 4.67 Å². The summed E-state index contributed by atoms with van der Waals surface area (Å²) in [6.45, 7) is 9.03. The molecular weight excluding hydrogens is 509 g/mol. The summed E-state index contributed by atoms with van der Waals surface area (Å²) >= 11 is 0. The maximum atomic E-state index is 7.20. The summed E-state index contributed by atoms with van der Waals surface area (Å²) in [5.74, 6) is 0. The summed E-state index contributed by atoms with van der Waals surface area (Å²) in [6, 6.07) is 35.3. The van der Waals surface area contributed by atoms with Crippen LogP contribution in [0.25, 0.3) is 21.9 Å². The smallest absolute Gasteiger partial charge is 0.310 e. The fourth-order valence-corrected chi connectivity index (χ4v) is 7.98. The second kappa shape index (κ2) is 13.4. The first kappa shape index (κ1) is 28.3. The van der Waals surface area contributed by atoms with Crippen LogP contribution in [0.2, 0.25) is 0 Å². The number of nitrogens with zero attached hydrogens (tertiary/aromatic N) is 1. The third-order valence-electron chi connectivity index (χ3n) is 7.83. The minimum Gasteiger partial charge on any atom is -0.407 e. The van der Waals surface area contributed by atoms with Gasteiger partial charge < -0.3 is 8.39 Å². The summed E-state index contributed by atoms with van der Waals surface area (Å²) in [5.41, 5.74) is 7.07. The van der Waals surface area contributed by atoms with E-state index in [1.807, 2.05) is 0 Å². The molecule has 0 amide bonds. The van der Waals surface area contributed by atoms with Gasteiger partial charge in [-0.25, -0.2) is 0 Å². The Kier molecular flexibility index (Phi) is 9.47. The summed E-state index contributed by atoms with van der Waals surface area (Å²) < 4.78 is 17.0. The highest BCUT2D eigenvalue weighted by Crippen LogP contribution is 2.48. The maximum absolute atomic E-state index is 7.20. The minimum atomic E-state index is -1.49. The van der Waals surface area contributed by atoms with Gasteiger partial charge in [-0.05, 0) is 47.9 Å². The van der Waals surface area contributed by atoms with Crippen molar-refractivity contribution in [3.05, 3.63) is 119 Å². The first-order chi connectivity index (χ1) is 19.7. The van der Waals surface area contributed by atoms with E-state index in [4.69, 9.17) is 8.39 Å². The first-order valence-electron chi connectivity index (χ1n) is 15.0. The van der Waals surface area contributed by atoms with Crippen molar-refractivity contribution in [2.75, 3.05) is 4.67 Å². The van der Waals surface area contributed by atoms with Gasteiger partial charge in [0.05, 0.1) is 0 Å². The van der Waals surface area contributed by atoms with Crippen LogP contribution in [-0.4, -0.2) is 0 Å². The van der Waals surface area contributed by atoms with Crippen LogP contribution in [0.5, 0.6) is 0 Å². The number of rotatable bonds is 11. The number of para-hydroxylation sites is 2. The number of hydrogen-bond donors (Lipinski definition) is 0. The van der Waals surface area contributed by atoms with E-state index >= 15 is 0 Å². The lowest BCUT2D eigenvalue weighted by Gasteiger charge is -2.35. The Bertz CT molecular complexity index is 1450. The van der Waals surface area contributed by atoms with Crippen molar-refractivity contribution >= 4 is 30.1 Å². The molecule has 5 rings (SSSR count). The molecule has 0 spiro atoms. The SMILES string of the molecule is CCCc1cccc2c1op(N([C@@H](CC)c1ccccc1)[C@@H](CC)c1ccccc1)oc1c(CCC)cccc12. The van der Waals surface area contributed by atoms with Gasteiger partial charge in [-0.1, -0.05) is 138 Å². The molecule has 0 aliphatic carbocycles. The van der Waals surface area contributed by atoms with Gasteiger partial charge in [-0.3, -0.25) is 0 Å². The lowest BCUT2D eigenvalue weighted by molar-refractivity contribution is 0.503. The second-order valence-electron chi connectivity index (χ2n) is 10.6. The van der Waals surface area contributed by atoms with E-state index in [1.165, 1.54) is 22.3 Å². The summed E-state index contributed by atoms with van der Waals surface area (Å²) in [4.78, 5) is 0. The lowest BCUT2D eigenvalue weighted by atomic mass is 9.99. The normalized spacial score (nSPS) is 13.1. The third-order valence-corrected chi connectivity index (χ3v) is 9.44. The molecule has 40 heavy (non-hydrogen) atoms. The Hall–Kier alpha value is -3.26. The summed E-state index contributed by atoms with van der Waals surface area (Å²) in [5, 5.41) is 2.29. The fraction of sp³-hybridized carbons (Fsp3) is 0.333. The average Bonchev–Trinajstić information content (AvgIpc) is 3.17. The van der Waals surface area contributed by atoms with E-state index in [0.29, 0.717) is 0 Å². The van der Waals surface area contributed by atoms with E-state index in [-0.39, 0.29) is 12.1 Å². The molecule has 1 aromatic heterocycles. The summed E-state index contributed by atoms with van der Waals surface area (Å²) in [6.07, 6.45) is 5.98. The van der Waals surface area contributed by atoms with E-state index in [9.17, 15) is 0 Å².